The molecule has 0 amide bonds. The van der Waals surface area contributed by atoms with Crippen molar-refractivity contribution in [1.82, 2.24) is 0 Å². The first-order valence-corrected chi connectivity index (χ1v) is 5.78. The maximum atomic E-state index is 9.63. The van der Waals surface area contributed by atoms with Gasteiger partial charge in [0.2, 0.25) is 0 Å². The molecule has 10 nitrogen and oxygen atoms in total. The van der Waals surface area contributed by atoms with Crippen molar-refractivity contribution < 1.29 is 42.9 Å². The number of phosphoric acid groups is 2. The standard InChI is InChI=1S/C2H5NO2.H4O7P2/c3-1-2(4)5;1-8(2,3)7-9(4,5)6/h1,3H2,(H,4,5);(H2,1,2,3)(H2,4,5,6). The van der Waals surface area contributed by atoms with E-state index in [4.69, 9.17) is 24.7 Å². The van der Waals surface area contributed by atoms with E-state index >= 15 is 0 Å². The predicted octanol–water partition coefficient (Wildman–Crippen LogP) is -1.78. The highest BCUT2D eigenvalue weighted by molar-refractivity contribution is 7.60. The molecule has 0 fully saturated rings. The fraction of sp³-hybridized carbons (Fsp3) is 0.500. The van der Waals surface area contributed by atoms with Gasteiger partial charge in [0.25, 0.3) is 0 Å². The average molecular weight is 253 g/mol. The monoisotopic (exact) mass is 253 g/mol. The largest absolute Gasteiger partial charge is 0.480 e. The van der Waals surface area contributed by atoms with Gasteiger partial charge in [0.15, 0.2) is 0 Å². The van der Waals surface area contributed by atoms with Gasteiger partial charge in [-0.1, -0.05) is 0 Å². The summed E-state index contributed by atoms with van der Waals surface area (Å²) in [7, 11) is -10.1. The summed E-state index contributed by atoms with van der Waals surface area (Å²) >= 11 is 0. The lowest BCUT2D eigenvalue weighted by Gasteiger charge is -2.03. The number of hydrogen-bond acceptors (Lipinski definition) is 5. The van der Waals surface area contributed by atoms with Gasteiger partial charge < -0.3 is 30.4 Å². The Kier molecular flexibility index (Phi) is 7.17. The van der Waals surface area contributed by atoms with E-state index in [0.29, 0.717) is 0 Å². The van der Waals surface area contributed by atoms with E-state index in [1.54, 1.807) is 0 Å². The molecule has 0 spiro atoms. The first-order valence-electron chi connectivity index (χ1n) is 2.72. The van der Waals surface area contributed by atoms with Crippen LogP contribution in [0.15, 0.2) is 0 Å². The molecule has 0 unspecified atom stereocenters. The van der Waals surface area contributed by atoms with Gasteiger partial charge in [0.05, 0.1) is 6.54 Å². The topological polar surface area (TPSA) is 188 Å². The molecule has 7 N–H and O–H groups in total. The lowest BCUT2D eigenvalue weighted by molar-refractivity contribution is -0.135. The Morgan fingerprint density at radius 3 is 1.36 bits per heavy atom. The van der Waals surface area contributed by atoms with Gasteiger partial charge in [-0.3, -0.25) is 4.79 Å². The molecule has 0 aromatic heterocycles. The highest BCUT2D eigenvalue weighted by atomic mass is 31.3. The highest BCUT2D eigenvalue weighted by Gasteiger charge is 2.27. The van der Waals surface area contributed by atoms with Crippen LogP contribution in [-0.4, -0.2) is 37.2 Å². The second-order valence-corrected chi connectivity index (χ2v) is 4.28. The molecule has 0 aromatic carbocycles. The van der Waals surface area contributed by atoms with E-state index in [0.717, 1.165) is 0 Å². The van der Waals surface area contributed by atoms with E-state index in [1.807, 2.05) is 0 Å². The molecule has 0 rings (SSSR count). The first kappa shape index (κ1) is 16.1. The van der Waals surface area contributed by atoms with Crippen LogP contribution < -0.4 is 5.73 Å². The smallest absolute Gasteiger partial charge is 0.478 e. The maximum Gasteiger partial charge on any atom is 0.478 e. The minimum absolute atomic E-state index is 0.278. The van der Waals surface area contributed by atoms with Crippen molar-refractivity contribution in [3.63, 3.8) is 0 Å². The number of carbonyl (C=O) groups is 1. The van der Waals surface area contributed by atoms with E-state index in [1.165, 1.54) is 0 Å². The Morgan fingerprint density at radius 1 is 1.14 bits per heavy atom. The number of aliphatic carboxylic acids is 1. The summed E-state index contributed by atoms with van der Waals surface area (Å²) in [5.74, 6) is -0.968. The molecular weight excluding hydrogens is 244 g/mol. The van der Waals surface area contributed by atoms with E-state index in [-0.39, 0.29) is 6.54 Å². The quantitative estimate of drug-likeness (QED) is 0.313. The highest BCUT2D eigenvalue weighted by Crippen LogP contribution is 2.53. The van der Waals surface area contributed by atoms with Crippen molar-refractivity contribution in [2.75, 3.05) is 6.54 Å². The van der Waals surface area contributed by atoms with Gasteiger partial charge in [-0.25, -0.2) is 9.13 Å². The van der Waals surface area contributed by atoms with Gasteiger partial charge in [0.1, 0.15) is 0 Å². The molecule has 0 heterocycles. The van der Waals surface area contributed by atoms with E-state index in [9.17, 15) is 13.9 Å². The van der Waals surface area contributed by atoms with Crippen LogP contribution in [0.4, 0.5) is 0 Å². The van der Waals surface area contributed by atoms with Crippen LogP contribution >= 0.6 is 15.6 Å². The second kappa shape index (κ2) is 6.23. The molecule has 12 heteroatoms. The van der Waals surface area contributed by atoms with E-state index in [2.05, 4.69) is 10.0 Å². The van der Waals surface area contributed by atoms with Crippen LogP contribution in [0.3, 0.4) is 0 Å². The molecule has 14 heavy (non-hydrogen) atoms. The molecule has 0 saturated heterocycles. The van der Waals surface area contributed by atoms with Crippen LogP contribution in [0.2, 0.25) is 0 Å². The van der Waals surface area contributed by atoms with Gasteiger partial charge in [-0.2, -0.15) is 4.31 Å². The van der Waals surface area contributed by atoms with Gasteiger partial charge >= 0.3 is 21.6 Å². The fourth-order valence-corrected chi connectivity index (χ4v) is 1.25. The molecule has 0 bridgehead atoms. The summed E-state index contributed by atoms with van der Waals surface area (Å²) < 4.78 is 22.2. The number of nitrogens with two attached hydrogens (primary N) is 1. The number of rotatable bonds is 3. The Hall–Kier alpha value is -0.310. The zero-order valence-corrected chi connectivity index (χ0v) is 8.34. The first-order chi connectivity index (χ1) is 5.98. The summed E-state index contributed by atoms with van der Waals surface area (Å²) in [4.78, 5) is 40.2. The van der Waals surface area contributed by atoms with Gasteiger partial charge in [0, 0.05) is 0 Å². The Bertz CT molecular complexity index is 242. The SMILES string of the molecule is NCC(=O)O.O=P(O)(O)OP(=O)(O)O. The summed E-state index contributed by atoms with van der Waals surface area (Å²) in [5.41, 5.74) is 4.57. The Balaban J connectivity index is 0. The minimum Gasteiger partial charge on any atom is -0.480 e. The molecule has 0 aliphatic heterocycles. The summed E-state index contributed by atoms with van der Waals surface area (Å²) in [6.07, 6.45) is 0. The summed E-state index contributed by atoms with van der Waals surface area (Å²) in [6, 6.07) is 0. The molecular formula is C2H9NO9P2. The number of carboxylic acid groups (broad SMARTS) is 1. The second-order valence-electron chi connectivity index (χ2n) is 1.66. The predicted molar refractivity (Wildman–Crippen MR) is 41.9 cm³/mol. The van der Waals surface area contributed by atoms with Crippen LogP contribution in [0.1, 0.15) is 0 Å². The Morgan fingerprint density at radius 2 is 1.36 bits per heavy atom. The third-order valence-electron chi connectivity index (χ3n) is 0.387. The molecule has 86 valence electrons. The summed E-state index contributed by atoms with van der Waals surface area (Å²) in [6.45, 7) is -0.278. The lowest BCUT2D eigenvalue weighted by Crippen LogP contribution is -2.10. The van der Waals surface area contributed by atoms with Gasteiger partial charge in [-0.05, 0) is 0 Å². The van der Waals surface area contributed by atoms with E-state index < -0.39 is 21.6 Å². The fourth-order valence-electron chi connectivity index (χ4n) is 0.139. The molecule has 0 aliphatic carbocycles. The average Bonchev–Trinajstić information content (AvgIpc) is 1.80. The molecule has 0 aliphatic rings. The van der Waals surface area contributed by atoms with Crippen LogP contribution in [0.25, 0.3) is 0 Å². The molecule has 0 saturated carbocycles. The van der Waals surface area contributed by atoms with Crippen LogP contribution in [0, 0.1) is 0 Å². The molecule has 0 radical (unpaired) electrons. The van der Waals surface area contributed by atoms with Crippen LogP contribution in [0.5, 0.6) is 0 Å². The third-order valence-corrected chi connectivity index (χ3v) is 2.09. The van der Waals surface area contributed by atoms with Crippen molar-refractivity contribution in [2.24, 2.45) is 5.73 Å². The zero-order valence-electron chi connectivity index (χ0n) is 6.55. The third kappa shape index (κ3) is 22.6. The summed E-state index contributed by atoms with van der Waals surface area (Å²) in [5, 5.41) is 7.60. The number of carboxylic acids is 1. The maximum absolute atomic E-state index is 9.63. The van der Waals surface area contributed by atoms with Gasteiger partial charge in [-0.15, -0.1) is 0 Å². The van der Waals surface area contributed by atoms with Crippen LogP contribution in [-0.2, 0) is 18.2 Å². The Labute approximate surface area is 77.8 Å². The van der Waals surface area contributed by atoms with Crippen molar-refractivity contribution in [3.05, 3.63) is 0 Å². The van der Waals surface area contributed by atoms with Crippen molar-refractivity contribution in [2.45, 2.75) is 0 Å². The molecule has 0 atom stereocenters. The zero-order chi connectivity index (χ0) is 12.0. The number of hydrogen-bond donors (Lipinski definition) is 6. The van der Waals surface area contributed by atoms with Crippen molar-refractivity contribution in [3.8, 4) is 0 Å². The lowest BCUT2D eigenvalue weighted by atomic mass is 10.7. The van der Waals surface area contributed by atoms with Crippen molar-refractivity contribution in [1.29, 1.82) is 0 Å². The molecule has 0 aromatic rings. The minimum atomic E-state index is -5.05. The normalized spacial score (nSPS) is 11.5. The van der Waals surface area contributed by atoms with Crippen molar-refractivity contribution >= 4 is 21.6 Å².